The molecule has 1 aromatic carbocycles. The number of nitrogens with zero attached hydrogens (tertiary/aromatic N) is 2. The van der Waals surface area contributed by atoms with E-state index in [1.165, 1.54) is 5.56 Å². The number of benzene rings is 1. The van der Waals surface area contributed by atoms with E-state index in [1.807, 2.05) is 13.0 Å². The average Bonchev–Trinajstić information content (AvgIpc) is 2.97. The summed E-state index contributed by atoms with van der Waals surface area (Å²) in [7, 11) is 1.80. The van der Waals surface area contributed by atoms with Crippen molar-refractivity contribution in [3.8, 4) is 0 Å². The van der Waals surface area contributed by atoms with E-state index in [1.54, 1.807) is 18.4 Å². The maximum absolute atomic E-state index is 4.48. The molecule has 4 nitrogen and oxygen atoms in total. The summed E-state index contributed by atoms with van der Waals surface area (Å²) < 4.78 is 0. The van der Waals surface area contributed by atoms with Crippen molar-refractivity contribution in [2.75, 3.05) is 20.1 Å². The predicted octanol–water partition coefficient (Wildman–Crippen LogP) is 3.14. The van der Waals surface area contributed by atoms with Crippen molar-refractivity contribution < 1.29 is 0 Å². The lowest BCUT2D eigenvalue weighted by Crippen LogP contribution is -2.44. The number of hydrogen-bond donors (Lipinski definition) is 2. The van der Waals surface area contributed by atoms with Crippen molar-refractivity contribution in [3.05, 3.63) is 52.0 Å². The molecular formula is C18H26N4S. The van der Waals surface area contributed by atoms with Gasteiger partial charge in [0.15, 0.2) is 5.96 Å². The first-order chi connectivity index (χ1) is 11.0. The molecule has 0 bridgehead atoms. The van der Waals surface area contributed by atoms with Crippen molar-refractivity contribution >= 4 is 17.3 Å². The van der Waals surface area contributed by atoms with Crippen molar-refractivity contribution in [2.45, 2.75) is 32.6 Å². The zero-order valence-electron chi connectivity index (χ0n) is 14.4. The molecule has 0 aliphatic heterocycles. The second-order valence-corrected chi connectivity index (χ2v) is 7.27. The summed E-state index contributed by atoms with van der Waals surface area (Å²) in [6.07, 6.45) is 0.910. The van der Waals surface area contributed by atoms with Crippen LogP contribution in [-0.2, 0) is 11.8 Å². The minimum atomic E-state index is 0.0465. The maximum atomic E-state index is 4.48. The van der Waals surface area contributed by atoms with E-state index in [2.05, 4.69) is 64.1 Å². The van der Waals surface area contributed by atoms with E-state index in [0.29, 0.717) is 0 Å². The van der Waals surface area contributed by atoms with E-state index in [0.717, 1.165) is 36.2 Å². The van der Waals surface area contributed by atoms with E-state index in [4.69, 9.17) is 0 Å². The molecular weight excluding hydrogens is 304 g/mol. The van der Waals surface area contributed by atoms with Gasteiger partial charge in [-0.25, -0.2) is 4.98 Å². The molecule has 0 atom stereocenters. The standard InChI is InChI=1S/C18H26N4S/c1-14-22-16(12-23-14)10-11-20-17(19-4)21-13-18(2,3)15-8-6-5-7-9-15/h5-9,12H,10-11,13H2,1-4H3,(H2,19,20,21). The molecule has 0 unspecified atom stereocenters. The third kappa shape index (κ3) is 5.36. The normalized spacial score (nSPS) is 12.3. The first-order valence-corrected chi connectivity index (χ1v) is 8.80. The molecule has 0 amide bonds. The molecule has 1 heterocycles. The highest BCUT2D eigenvalue weighted by molar-refractivity contribution is 7.09. The van der Waals surface area contributed by atoms with Gasteiger partial charge in [-0.05, 0) is 12.5 Å². The molecule has 0 saturated carbocycles. The van der Waals surface area contributed by atoms with Crippen LogP contribution >= 0.6 is 11.3 Å². The van der Waals surface area contributed by atoms with Gasteiger partial charge in [0, 0.05) is 37.4 Å². The second-order valence-electron chi connectivity index (χ2n) is 6.21. The van der Waals surface area contributed by atoms with Gasteiger partial charge < -0.3 is 10.6 Å². The van der Waals surface area contributed by atoms with Crippen LogP contribution in [0.1, 0.15) is 30.1 Å². The number of guanidine groups is 1. The third-order valence-electron chi connectivity index (χ3n) is 3.82. The highest BCUT2D eigenvalue weighted by Gasteiger charge is 2.20. The van der Waals surface area contributed by atoms with Crippen molar-refractivity contribution in [2.24, 2.45) is 4.99 Å². The fraction of sp³-hybridized carbons (Fsp3) is 0.444. The zero-order chi connectivity index (χ0) is 16.7. The largest absolute Gasteiger partial charge is 0.356 e. The van der Waals surface area contributed by atoms with Gasteiger partial charge in [0.25, 0.3) is 0 Å². The van der Waals surface area contributed by atoms with Crippen LogP contribution in [0.2, 0.25) is 0 Å². The number of aryl methyl sites for hydroxylation is 1. The minimum Gasteiger partial charge on any atom is -0.356 e. The molecule has 0 aliphatic carbocycles. The zero-order valence-corrected chi connectivity index (χ0v) is 15.2. The van der Waals surface area contributed by atoms with Crippen LogP contribution in [0.4, 0.5) is 0 Å². The molecule has 1 aromatic heterocycles. The van der Waals surface area contributed by atoms with Crippen LogP contribution in [0.3, 0.4) is 0 Å². The Morgan fingerprint density at radius 2 is 1.96 bits per heavy atom. The second kappa shape index (κ2) is 8.11. The van der Waals surface area contributed by atoms with E-state index in [-0.39, 0.29) is 5.41 Å². The van der Waals surface area contributed by atoms with E-state index in [9.17, 15) is 0 Å². The Morgan fingerprint density at radius 3 is 2.57 bits per heavy atom. The number of hydrogen-bond acceptors (Lipinski definition) is 3. The van der Waals surface area contributed by atoms with E-state index < -0.39 is 0 Å². The Labute approximate surface area is 143 Å². The Morgan fingerprint density at radius 1 is 1.22 bits per heavy atom. The minimum absolute atomic E-state index is 0.0465. The fourth-order valence-electron chi connectivity index (χ4n) is 2.35. The summed E-state index contributed by atoms with van der Waals surface area (Å²) in [5, 5.41) is 10.0. The van der Waals surface area contributed by atoms with Gasteiger partial charge in [-0.3, -0.25) is 4.99 Å². The molecule has 23 heavy (non-hydrogen) atoms. The van der Waals surface area contributed by atoms with E-state index >= 15 is 0 Å². The lowest BCUT2D eigenvalue weighted by Gasteiger charge is -2.26. The SMILES string of the molecule is CN=C(NCCc1csc(C)n1)NCC(C)(C)c1ccccc1. The number of nitrogens with one attached hydrogen (secondary N) is 2. The van der Waals surface area contributed by atoms with Crippen LogP contribution in [-0.4, -0.2) is 31.1 Å². The monoisotopic (exact) mass is 330 g/mol. The van der Waals surface area contributed by atoms with Gasteiger partial charge in [-0.1, -0.05) is 44.2 Å². The van der Waals surface area contributed by atoms with Gasteiger partial charge in [0.2, 0.25) is 0 Å². The van der Waals surface area contributed by atoms with Gasteiger partial charge in [-0.2, -0.15) is 0 Å². The highest BCUT2D eigenvalue weighted by atomic mass is 32.1. The average molecular weight is 331 g/mol. The quantitative estimate of drug-likeness (QED) is 0.632. The molecule has 124 valence electrons. The van der Waals surface area contributed by atoms with Gasteiger partial charge >= 0.3 is 0 Å². The Bertz CT molecular complexity index is 631. The van der Waals surface area contributed by atoms with Gasteiger partial charge in [0.1, 0.15) is 0 Å². The first-order valence-electron chi connectivity index (χ1n) is 7.92. The maximum Gasteiger partial charge on any atom is 0.191 e. The predicted molar refractivity (Wildman–Crippen MR) is 99.4 cm³/mol. The fourth-order valence-corrected chi connectivity index (χ4v) is 3.00. The van der Waals surface area contributed by atoms with Crippen molar-refractivity contribution in [1.82, 2.24) is 15.6 Å². The number of aromatic nitrogens is 1. The van der Waals surface area contributed by atoms with Crippen molar-refractivity contribution in [1.29, 1.82) is 0 Å². The molecule has 0 radical (unpaired) electrons. The highest BCUT2D eigenvalue weighted by Crippen LogP contribution is 2.21. The molecule has 0 spiro atoms. The summed E-state index contributed by atoms with van der Waals surface area (Å²) in [5.41, 5.74) is 2.51. The summed E-state index contributed by atoms with van der Waals surface area (Å²) in [6, 6.07) is 10.6. The number of aliphatic imine (C=N–C) groups is 1. The van der Waals surface area contributed by atoms with Crippen LogP contribution in [0.5, 0.6) is 0 Å². The lowest BCUT2D eigenvalue weighted by molar-refractivity contribution is 0.508. The summed E-state index contributed by atoms with van der Waals surface area (Å²) in [4.78, 5) is 8.77. The van der Waals surface area contributed by atoms with Crippen LogP contribution in [0, 0.1) is 6.92 Å². The molecule has 5 heteroatoms. The molecule has 0 fully saturated rings. The molecule has 0 saturated heterocycles. The summed E-state index contributed by atoms with van der Waals surface area (Å²) >= 11 is 1.70. The first kappa shape index (κ1) is 17.5. The third-order valence-corrected chi connectivity index (χ3v) is 4.64. The van der Waals surface area contributed by atoms with Crippen LogP contribution in [0.15, 0.2) is 40.7 Å². The number of rotatable bonds is 6. The van der Waals surface area contributed by atoms with Gasteiger partial charge in [0.05, 0.1) is 10.7 Å². The molecule has 0 aliphatic rings. The van der Waals surface area contributed by atoms with Crippen molar-refractivity contribution in [3.63, 3.8) is 0 Å². The van der Waals surface area contributed by atoms with Crippen LogP contribution < -0.4 is 10.6 Å². The van der Waals surface area contributed by atoms with Crippen LogP contribution in [0.25, 0.3) is 0 Å². The lowest BCUT2D eigenvalue weighted by atomic mass is 9.85. The Kier molecular flexibility index (Phi) is 6.16. The Balaban J connectivity index is 1.80. The topological polar surface area (TPSA) is 49.3 Å². The molecule has 2 N–H and O–H groups in total. The molecule has 2 aromatic rings. The smallest absolute Gasteiger partial charge is 0.191 e. The molecule has 2 rings (SSSR count). The summed E-state index contributed by atoms with van der Waals surface area (Å²) in [6.45, 7) is 8.16. The van der Waals surface area contributed by atoms with Gasteiger partial charge in [-0.15, -0.1) is 11.3 Å². The number of thiazole rings is 1. The Hall–Kier alpha value is -1.88. The summed E-state index contributed by atoms with van der Waals surface area (Å²) in [5.74, 6) is 0.834.